The molecule has 1 N–H and O–H groups in total. The largest absolute Gasteiger partial charge is 0.396 e. The summed E-state index contributed by atoms with van der Waals surface area (Å²) in [5.74, 6) is 1.12. The lowest BCUT2D eigenvalue weighted by Gasteiger charge is -2.19. The van der Waals surface area contributed by atoms with Gasteiger partial charge < -0.3 is 5.11 Å². The lowest BCUT2D eigenvalue weighted by atomic mass is 9.89. The zero-order valence-electron chi connectivity index (χ0n) is 10.5. The van der Waals surface area contributed by atoms with Crippen LogP contribution < -0.4 is 0 Å². The fourth-order valence-corrected chi connectivity index (χ4v) is 4.10. The summed E-state index contributed by atoms with van der Waals surface area (Å²) in [7, 11) is 0. The standard InChI is InChI=1S/C15H19NOS/c17-10-12(11-5-1-2-6-11)9-15-16-13-7-3-4-8-14(13)18-15/h3-4,7-8,11-12,17H,1-2,5-6,9-10H2. The summed E-state index contributed by atoms with van der Waals surface area (Å²) in [6.45, 7) is 0.306. The van der Waals surface area contributed by atoms with E-state index in [2.05, 4.69) is 23.2 Å². The topological polar surface area (TPSA) is 33.1 Å². The SMILES string of the molecule is OCC(Cc1nc2ccccc2s1)C1CCCC1. The highest BCUT2D eigenvalue weighted by molar-refractivity contribution is 7.18. The van der Waals surface area contributed by atoms with Gasteiger partial charge in [0.25, 0.3) is 0 Å². The van der Waals surface area contributed by atoms with Crippen molar-refractivity contribution in [2.24, 2.45) is 11.8 Å². The van der Waals surface area contributed by atoms with Gasteiger partial charge in [0.15, 0.2) is 0 Å². The number of benzene rings is 1. The Labute approximate surface area is 112 Å². The van der Waals surface area contributed by atoms with Gasteiger partial charge >= 0.3 is 0 Å². The fourth-order valence-electron chi connectivity index (χ4n) is 3.04. The minimum Gasteiger partial charge on any atom is -0.396 e. The Morgan fingerprint density at radius 2 is 2.06 bits per heavy atom. The van der Waals surface area contributed by atoms with Gasteiger partial charge in [0.1, 0.15) is 0 Å². The van der Waals surface area contributed by atoms with Crippen molar-refractivity contribution in [3.8, 4) is 0 Å². The van der Waals surface area contributed by atoms with Crippen LogP contribution in [0.15, 0.2) is 24.3 Å². The molecule has 0 radical (unpaired) electrons. The molecule has 1 heterocycles. The van der Waals surface area contributed by atoms with E-state index < -0.39 is 0 Å². The minimum atomic E-state index is 0.306. The predicted octanol–water partition coefficient (Wildman–Crippen LogP) is 3.64. The first-order valence-corrected chi connectivity index (χ1v) is 7.64. The molecule has 1 aliphatic rings. The molecule has 18 heavy (non-hydrogen) atoms. The van der Waals surface area contributed by atoms with Crippen LogP contribution in [-0.2, 0) is 6.42 Å². The monoisotopic (exact) mass is 261 g/mol. The molecule has 3 heteroatoms. The highest BCUT2D eigenvalue weighted by atomic mass is 32.1. The lowest BCUT2D eigenvalue weighted by Crippen LogP contribution is -2.18. The Hall–Kier alpha value is -0.930. The first-order chi connectivity index (χ1) is 8.86. The molecule has 0 spiro atoms. The van der Waals surface area contributed by atoms with Crippen molar-refractivity contribution >= 4 is 21.6 Å². The van der Waals surface area contributed by atoms with E-state index in [1.54, 1.807) is 11.3 Å². The molecule has 2 aromatic rings. The number of aliphatic hydroxyl groups is 1. The van der Waals surface area contributed by atoms with Crippen LogP contribution in [0.25, 0.3) is 10.2 Å². The van der Waals surface area contributed by atoms with Crippen LogP contribution in [0.4, 0.5) is 0 Å². The average molecular weight is 261 g/mol. The average Bonchev–Trinajstić information content (AvgIpc) is 3.04. The van der Waals surface area contributed by atoms with Gasteiger partial charge in [0, 0.05) is 13.0 Å². The Kier molecular flexibility index (Phi) is 3.62. The normalized spacial score (nSPS) is 18.5. The molecule has 0 bridgehead atoms. The molecule has 1 aromatic carbocycles. The lowest BCUT2D eigenvalue weighted by molar-refractivity contribution is 0.175. The van der Waals surface area contributed by atoms with Crippen molar-refractivity contribution < 1.29 is 5.11 Å². The number of rotatable bonds is 4. The number of fused-ring (bicyclic) bond motifs is 1. The summed E-state index contributed by atoms with van der Waals surface area (Å²) in [6, 6.07) is 8.29. The van der Waals surface area contributed by atoms with Crippen LogP contribution >= 0.6 is 11.3 Å². The third-order valence-electron chi connectivity index (χ3n) is 4.08. The van der Waals surface area contributed by atoms with Crippen LogP contribution in [0.1, 0.15) is 30.7 Å². The molecule has 1 aliphatic carbocycles. The van der Waals surface area contributed by atoms with Crippen molar-refractivity contribution in [2.75, 3.05) is 6.61 Å². The molecule has 1 saturated carbocycles. The van der Waals surface area contributed by atoms with Crippen LogP contribution in [-0.4, -0.2) is 16.7 Å². The van der Waals surface area contributed by atoms with Gasteiger partial charge in [-0.1, -0.05) is 37.8 Å². The van der Waals surface area contributed by atoms with Gasteiger partial charge in [-0.05, 0) is 24.0 Å². The van der Waals surface area contributed by atoms with Gasteiger partial charge in [-0.25, -0.2) is 4.98 Å². The van der Waals surface area contributed by atoms with E-state index in [0.29, 0.717) is 18.4 Å². The van der Waals surface area contributed by atoms with Crippen molar-refractivity contribution in [1.29, 1.82) is 0 Å². The van der Waals surface area contributed by atoms with Crippen molar-refractivity contribution in [1.82, 2.24) is 4.98 Å². The maximum atomic E-state index is 9.60. The van der Waals surface area contributed by atoms with Gasteiger partial charge in [-0.3, -0.25) is 0 Å². The second-order valence-corrected chi connectivity index (χ2v) is 6.38. The summed E-state index contributed by atoms with van der Waals surface area (Å²) in [5.41, 5.74) is 1.10. The van der Waals surface area contributed by atoms with Crippen LogP contribution in [0.3, 0.4) is 0 Å². The second-order valence-electron chi connectivity index (χ2n) is 5.27. The van der Waals surface area contributed by atoms with E-state index in [1.807, 2.05) is 6.07 Å². The highest BCUT2D eigenvalue weighted by Gasteiger charge is 2.25. The van der Waals surface area contributed by atoms with Gasteiger partial charge in [-0.2, -0.15) is 0 Å². The second kappa shape index (κ2) is 5.37. The number of hydrogen-bond acceptors (Lipinski definition) is 3. The molecule has 3 rings (SSSR count). The number of aromatic nitrogens is 1. The summed E-state index contributed by atoms with van der Waals surface area (Å²) >= 11 is 1.78. The van der Waals surface area contributed by atoms with E-state index in [0.717, 1.165) is 11.9 Å². The zero-order chi connectivity index (χ0) is 12.4. The maximum absolute atomic E-state index is 9.60. The molecule has 1 aromatic heterocycles. The van der Waals surface area contributed by atoms with Crippen molar-refractivity contribution in [2.45, 2.75) is 32.1 Å². The maximum Gasteiger partial charge on any atom is 0.0942 e. The minimum absolute atomic E-state index is 0.306. The van der Waals surface area contributed by atoms with Crippen molar-refractivity contribution in [3.05, 3.63) is 29.3 Å². The highest BCUT2D eigenvalue weighted by Crippen LogP contribution is 2.34. The summed E-state index contributed by atoms with van der Waals surface area (Å²) in [4.78, 5) is 4.68. The molecule has 0 saturated heterocycles. The van der Waals surface area contributed by atoms with E-state index in [4.69, 9.17) is 0 Å². The molecular formula is C15H19NOS. The van der Waals surface area contributed by atoms with E-state index in [-0.39, 0.29) is 0 Å². The Balaban J connectivity index is 1.77. The third kappa shape index (κ3) is 2.43. The predicted molar refractivity (Wildman–Crippen MR) is 75.9 cm³/mol. The van der Waals surface area contributed by atoms with Gasteiger partial charge in [0.2, 0.25) is 0 Å². The molecule has 0 amide bonds. The summed E-state index contributed by atoms with van der Waals surface area (Å²) in [5, 5.41) is 10.8. The first-order valence-electron chi connectivity index (χ1n) is 6.82. The third-order valence-corrected chi connectivity index (χ3v) is 5.13. The Morgan fingerprint density at radius 1 is 1.28 bits per heavy atom. The van der Waals surface area contributed by atoms with Crippen LogP contribution in [0.2, 0.25) is 0 Å². The van der Waals surface area contributed by atoms with E-state index >= 15 is 0 Å². The number of hydrogen-bond donors (Lipinski definition) is 1. The first kappa shape index (κ1) is 12.1. The summed E-state index contributed by atoms with van der Waals surface area (Å²) < 4.78 is 1.26. The molecule has 0 aliphatic heterocycles. The molecular weight excluding hydrogens is 242 g/mol. The quantitative estimate of drug-likeness (QED) is 0.911. The number of thiazole rings is 1. The Morgan fingerprint density at radius 3 is 2.78 bits per heavy atom. The molecule has 96 valence electrons. The fraction of sp³-hybridized carbons (Fsp3) is 0.533. The molecule has 1 fully saturated rings. The number of nitrogens with zero attached hydrogens (tertiary/aromatic N) is 1. The molecule has 2 nitrogen and oxygen atoms in total. The van der Waals surface area contributed by atoms with Gasteiger partial charge in [0.05, 0.1) is 15.2 Å². The van der Waals surface area contributed by atoms with E-state index in [1.165, 1.54) is 35.4 Å². The van der Waals surface area contributed by atoms with Crippen LogP contribution in [0, 0.1) is 11.8 Å². The number of para-hydroxylation sites is 1. The molecule has 1 atom stereocenters. The van der Waals surface area contributed by atoms with E-state index in [9.17, 15) is 5.11 Å². The van der Waals surface area contributed by atoms with Gasteiger partial charge in [-0.15, -0.1) is 11.3 Å². The zero-order valence-corrected chi connectivity index (χ0v) is 11.3. The Bertz CT molecular complexity index is 483. The van der Waals surface area contributed by atoms with Crippen LogP contribution in [0.5, 0.6) is 0 Å². The smallest absolute Gasteiger partial charge is 0.0942 e. The van der Waals surface area contributed by atoms with Crippen molar-refractivity contribution in [3.63, 3.8) is 0 Å². The number of aliphatic hydroxyl groups excluding tert-OH is 1. The summed E-state index contributed by atoms with van der Waals surface area (Å²) in [6.07, 6.45) is 6.19. The molecule has 1 unspecified atom stereocenters.